The minimum Gasteiger partial charge on any atom is -0.382 e. The van der Waals surface area contributed by atoms with E-state index in [2.05, 4.69) is 15.7 Å². The lowest BCUT2D eigenvalue weighted by Crippen LogP contribution is -2.42. The first-order valence-electron chi connectivity index (χ1n) is 5.29. The van der Waals surface area contributed by atoms with Crippen molar-refractivity contribution in [3.05, 3.63) is 5.69 Å². The van der Waals surface area contributed by atoms with Gasteiger partial charge in [0.05, 0.1) is 12.3 Å². The van der Waals surface area contributed by atoms with Crippen molar-refractivity contribution in [2.45, 2.75) is 19.4 Å². The maximum absolute atomic E-state index is 11.7. The summed E-state index contributed by atoms with van der Waals surface area (Å²) in [5.74, 6) is 0.774. The van der Waals surface area contributed by atoms with Crippen molar-refractivity contribution in [3.63, 3.8) is 0 Å². The summed E-state index contributed by atoms with van der Waals surface area (Å²) in [6.45, 7) is 2.36. The van der Waals surface area contributed by atoms with Crippen LogP contribution in [0, 0.1) is 0 Å². The van der Waals surface area contributed by atoms with E-state index >= 15 is 0 Å². The molecule has 0 bridgehead atoms. The second kappa shape index (κ2) is 4.13. The van der Waals surface area contributed by atoms with Crippen LogP contribution < -0.4 is 10.6 Å². The minimum atomic E-state index is -0.349. The summed E-state index contributed by atoms with van der Waals surface area (Å²) in [5.41, 5.74) is 1.69. The first-order chi connectivity index (χ1) is 7.67. The summed E-state index contributed by atoms with van der Waals surface area (Å²) in [7, 11) is 3.43. The molecule has 1 aliphatic heterocycles. The number of ether oxygens (including phenoxy) is 1. The van der Waals surface area contributed by atoms with Gasteiger partial charge in [-0.2, -0.15) is 5.10 Å². The molecule has 1 atom stereocenters. The smallest absolute Gasteiger partial charge is 0.249 e. The maximum atomic E-state index is 11.7. The molecule has 2 N–H and O–H groups in total. The average molecular weight is 224 g/mol. The number of aryl methyl sites for hydroxylation is 2. The Bertz CT molecular complexity index is 413. The minimum absolute atomic E-state index is 0.0722. The van der Waals surface area contributed by atoms with Gasteiger partial charge in [0.2, 0.25) is 5.91 Å². The number of aromatic nitrogens is 2. The van der Waals surface area contributed by atoms with E-state index in [1.807, 2.05) is 14.0 Å². The maximum Gasteiger partial charge on any atom is 0.249 e. The fourth-order valence-electron chi connectivity index (χ4n) is 1.85. The molecule has 1 aromatic rings. The molecule has 0 saturated carbocycles. The Morgan fingerprint density at radius 3 is 2.94 bits per heavy atom. The zero-order valence-corrected chi connectivity index (χ0v) is 9.70. The molecule has 1 aromatic heterocycles. The highest BCUT2D eigenvalue weighted by Gasteiger charge is 2.29. The molecule has 6 nitrogen and oxygen atoms in total. The van der Waals surface area contributed by atoms with Crippen molar-refractivity contribution in [2.24, 2.45) is 7.05 Å². The molecule has 6 heteroatoms. The van der Waals surface area contributed by atoms with Crippen LogP contribution in [0.25, 0.3) is 0 Å². The summed E-state index contributed by atoms with van der Waals surface area (Å²) in [6, 6.07) is -0.349. The highest BCUT2D eigenvalue weighted by atomic mass is 16.5. The van der Waals surface area contributed by atoms with E-state index in [1.165, 1.54) is 0 Å². The molecule has 88 valence electrons. The van der Waals surface area contributed by atoms with Crippen LogP contribution in [0.2, 0.25) is 0 Å². The fourth-order valence-corrected chi connectivity index (χ4v) is 1.85. The van der Waals surface area contributed by atoms with Crippen molar-refractivity contribution in [1.29, 1.82) is 0 Å². The lowest BCUT2D eigenvalue weighted by atomic mass is 10.2. The van der Waals surface area contributed by atoms with Gasteiger partial charge in [0.15, 0.2) is 0 Å². The predicted molar refractivity (Wildman–Crippen MR) is 60.5 cm³/mol. The number of fused-ring (bicyclic) bond motifs is 1. The monoisotopic (exact) mass is 224 g/mol. The second-order valence-corrected chi connectivity index (χ2v) is 3.79. The van der Waals surface area contributed by atoms with E-state index in [4.69, 9.17) is 4.74 Å². The molecule has 0 radical (unpaired) electrons. The zero-order valence-electron chi connectivity index (χ0n) is 9.70. The molecule has 2 rings (SSSR count). The van der Waals surface area contributed by atoms with Gasteiger partial charge in [0.25, 0.3) is 0 Å². The fraction of sp³-hybridized carbons (Fsp3) is 0.600. The molecule has 0 fully saturated rings. The predicted octanol–water partition coefficient (Wildman–Crippen LogP) is 0.361. The van der Waals surface area contributed by atoms with E-state index in [1.54, 1.807) is 11.8 Å². The Kier molecular flexibility index (Phi) is 2.82. The number of hydrogen-bond donors (Lipinski definition) is 2. The number of amides is 1. The number of carbonyl (C=O) groups is 1. The van der Waals surface area contributed by atoms with Gasteiger partial charge in [-0.25, -0.2) is 0 Å². The van der Waals surface area contributed by atoms with Gasteiger partial charge in [0.1, 0.15) is 17.5 Å². The molecule has 16 heavy (non-hydrogen) atoms. The van der Waals surface area contributed by atoms with E-state index in [0.29, 0.717) is 6.61 Å². The number of nitrogens with zero attached hydrogens (tertiary/aromatic N) is 2. The van der Waals surface area contributed by atoms with Gasteiger partial charge in [-0.05, 0) is 6.42 Å². The lowest BCUT2D eigenvalue weighted by molar-refractivity contribution is -0.118. The number of hydrogen-bond acceptors (Lipinski definition) is 4. The molecule has 2 heterocycles. The Morgan fingerprint density at radius 1 is 1.56 bits per heavy atom. The molecule has 0 aliphatic carbocycles. The van der Waals surface area contributed by atoms with E-state index < -0.39 is 0 Å². The third-order valence-electron chi connectivity index (χ3n) is 2.66. The largest absolute Gasteiger partial charge is 0.382 e. The van der Waals surface area contributed by atoms with E-state index in [-0.39, 0.29) is 11.9 Å². The number of anilines is 2. The van der Waals surface area contributed by atoms with Crippen molar-refractivity contribution >= 4 is 17.4 Å². The Morgan fingerprint density at radius 2 is 2.31 bits per heavy atom. The van der Waals surface area contributed by atoms with Crippen LogP contribution in [-0.4, -0.2) is 35.4 Å². The third-order valence-corrected chi connectivity index (χ3v) is 2.66. The summed E-state index contributed by atoms with van der Waals surface area (Å²) >= 11 is 0. The summed E-state index contributed by atoms with van der Waals surface area (Å²) in [5, 5.41) is 10.3. The SMILES string of the molecule is CCc1nn(C)c2c1NC(=O)C(COC)N2. The molecular formula is C10H16N4O2. The van der Waals surface area contributed by atoms with Crippen LogP contribution >= 0.6 is 0 Å². The molecule has 1 aliphatic rings. The van der Waals surface area contributed by atoms with Crippen molar-refractivity contribution in [1.82, 2.24) is 9.78 Å². The van der Waals surface area contributed by atoms with Crippen molar-refractivity contribution < 1.29 is 9.53 Å². The molecule has 1 unspecified atom stereocenters. The first kappa shape index (κ1) is 10.9. The standard InChI is InChI=1S/C10H16N4O2/c1-4-6-8-9(14(2)13-6)11-7(5-16-3)10(15)12-8/h7,11H,4-5H2,1-3H3,(H,12,15). The number of rotatable bonds is 3. The Labute approximate surface area is 94.0 Å². The molecule has 0 aromatic carbocycles. The number of carbonyl (C=O) groups excluding carboxylic acids is 1. The van der Waals surface area contributed by atoms with Crippen molar-refractivity contribution in [3.8, 4) is 0 Å². The molecular weight excluding hydrogens is 208 g/mol. The second-order valence-electron chi connectivity index (χ2n) is 3.79. The van der Waals surface area contributed by atoms with Crippen molar-refractivity contribution in [2.75, 3.05) is 24.4 Å². The normalized spacial score (nSPS) is 18.9. The Balaban J connectivity index is 2.32. The molecule has 0 spiro atoms. The van der Waals surface area contributed by atoms with E-state index in [0.717, 1.165) is 23.6 Å². The topological polar surface area (TPSA) is 68.2 Å². The first-order valence-corrected chi connectivity index (χ1v) is 5.29. The quantitative estimate of drug-likeness (QED) is 0.778. The van der Waals surface area contributed by atoms with Gasteiger partial charge in [0, 0.05) is 14.2 Å². The number of methoxy groups -OCH3 is 1. The third kappa shape index (κ3) is 1.65. The van der Waals surface area contributed by atoms with Crippen LogP contribution in [0.3, 0.4) is 0 Å². The van der Waals surface area contributed by atoms with E-state index in [9.17, 15) is 4.79 Å². The van der Waals surface area contributed by atoms with Crippen LogP contribution in [0.4, 0.5) is 11.5 Å². The summed E-state index contributed by atoms with van der Waals surface area (Å²) in [6.07, 6.45) is 0.792. The zero-order chi connectivity index (χ0) is 11.7. The highest BCUT2D eigenvalue weighted by Crippen LogP contribution is 2.30. The van der Waals surface area contributed by atoms with Crippen LogP contribution in [-0.2, 0) is 23.0 Å². The van der Waals surface area contributed by atoms with Gasteiger partial charge < -0.3 is 15.4 Å². The highest BCUT2D eigenvalue weighted by molar-refractivity contribution is 6.03. The van der Waals surface area contributed by atoms with Gasteiger partial charge in [-0.1, -0.05) is 6.92 Å². The van der Waals surface area contributed by atoms with Crippen LogP contribution in [0.15, 0.2) is 0 Å². The van der Waals surface area contributed by atoms with Crippen LogP contribution in [0.1, 0.15) is 12.6 Å². The van der Waals surface area contributed by atoms with Gasteiger partial charge in [-0.3, -0.25) is 9.48 Å². The molecule has 1 amide bonds. The molecule has 0 saturated heterocycles. The van der Waals surface area contributed by atoms with Crippen LogP contribution in [0.5, 0.6) is 0 Å². The lowest BCUT2D eigenvalue weighted by Gasteiger charge is -2.24. The van der Waals surface area contributed by atoms with Gasteiger partial charge in [-0.15, -0.1) is 0 Å². The summed E-state index contributed by atoms with van der Waals surface area (Å²) in [4.78, 5) is 11.7. The Hall–Kier alpha value is -1.56. The average Bonchev–Trinajstić information content (AvgIpc) is 2.56. The summed E-state index contributed by atoms with van der Waals surface area (Å²) < 4.78 is 6.73. The van der Waals surface area contributed by atoms with Gasteiger partial charge >= 0.3 is 0 Å². The number of nitrogens with one attached hydrogen (secondary N) is 2.